The maximum absolute atomic E-state index is 11.2. The number of carbonyl (C=O) groups is 1. The van der Waals surface area contributed by atoms with Gasteiger partial charge in [0.1, 0.15) is 0 Å². The SMILES string of the molecule is COC(=O)c1ccc(N=Cc2ccccn2)cc1. The van der Waals surface area contributed by atoms with Gasteiger partial charge in [0.15, 0.2) is 0 Å². The number of rotatable bonds is 3. The van der Waals surface area contributed by atoms with E-state index in [1.807, 2.05) is 18.2 Å². The van der Waals surface area contributed by atoms with Crippen molar-refractivity contribution in [1.29, 1.82) is 0 Å². The lowest BCUT2D eigenvalue weighted by molar-refractivity contribution is 0.0601. The Bertz CT molecular complexity index is 548. The summed E-state index contributed by atoms with van der Waals surface area (Å²) >= 11 is 0. The fraction of sp³-hybridized carbons (Fsp3) is 0.0714. The molecule has 2 aromatic rings. The minimum atomic E-state index is -0.352. The molecule has 90 valence electrons. The molecule has 0 aliphatic carbocycles. The smallest absolute Gasteiger partial charge is 0.337 e. The summed E-state index contributed by atoms with van der Waals surface area (Å²) in [6.07, 6.45) is 3.38. The molecule has 0 fully saturated rings. The predicted octanol–water partition coefficient (Wildman–Crippen LogP) is 2.62. The Morgan fingerprint density at radius 3 is 2.61 bits per heavy atom. The van der Waals surface area contributed by atoms with Crippen molar-refractivity contribution in [2.24, 2.45) is 4.99 Å². The number of aromatic nitrogens is 1. The second kappa shape index (κ2) is 5.72. The summed E-state index contributed by atoms with van der Waals surface area (Å²) in [7, 11) is 1.36. The van der Waals surface area contributed by atoms with Gasteiger partial charge in [0.2, 0.25) is 0 Å². The van der Waals surface area contributed by atoms with Crippen LogP contribution in [0.15, 0.2) is 53.7 Å². The zero-order valence-electron chi connectivity index (χ0n) is 9.91. The van der Waals surface area contributed by atoms with E-state index in [0.717, 1.165) is 11.4 Å². The largest absolute Gasteiger partial charge is 0.465 e. The van der Waals surface area contributed by atoms with Gasteiger partial charge in [-0.05, 0) is 36.4 Å². The average molecular weight is 240 g/mol. The van der Waals surface area contributed by atoms with Gasteiger partial charge in [0.05, 0.1) is 30.3 Å². The van der Waals surface area contributed by atoms with Crippen molar-refractivity contribution in [3.05, 3.63) is 59.9 Å². The van der Waals surface area contributed by atoms with E-state index in [1.54, 1.807) is 36.7 Å². The number of benzene rings is 1. The lowest BCUT2D eigenvalue weighted by Gasteiger charge is -1.99. The molecule has 4 nitrogen and oxygen atoms in total. The molecule has 0 atom stereocenters. The number of esters is 1. The van der Waals surface area contributed by atoms with E-state index in [0.29, 0.717) is 5.56 Å². The van der Waals surface area contributed by atoms with Crippen LogP contribution in [-0.4, -0.2) is 24.3 Å². The third kappa shape index (κ3) is 3.01. The van der Waals surface area contributed by atoms with Crippen molar-refractivity contribution in [3.8, 4) is 0 Å². The molecule has 0 unspecified atom stereocenters. The van der Waals surface area contributed by atoms with Crippen molar-refractivity contribution in [1.82, 2.24) is 4.98 Å². The second-order valence-corrected chi connectivity index (χ2v) is 3.55. The Balaban J connectivity index is 2.11. The molecule has 0 saturated heterocycles. The van der Waals surface area contributed by atoms with Gasteiger partial charge in [-0.25, -0.2) is 4.79 Å². The first kappa shape index (κ1) is 12.0. The van der Waals surface area contributed by atoms with Crippen LogP contribution in [0.25, 0.3) is 0 Å². The highest BCUT2D eigenvalue weighted by Crippen LogP contribution is 2.13. The highest BCUT2D eigenvalue weighted by molar-refractivity contribution is 5.89. The lowest BCUT2D eigenvalue weighted by atomic mass is 10.2. The summed E-state index contributed by atoms with van der Waals surface area (Å²) < 4.78 is 4.62. The van der Waals surface area contributed by atoms with Crippen LogP contribution in [0.3, 0.4) is 0 Å². The highest BCUT2D eigenvalue weighted by Gasteiger charge is 2.03. The van der Waals surface area contributed by atoms with E-state index in [2.05, 4.69) is 14.7 Å². The fourth-order valence-electron chi connectivity index (χ4n) is 1.39. The molecule has 2 rings (SSSR count). The molecule has 0 N–H and O–H groups in total. The minimum absolute atomic E-state index is 0.352. The van der Waals surface area contributed by atoms with Crippen molar-refractivity contribution in [2.75, 3.05) is 7.11 Å². The number of carbonyl (C=O) groups excluding carboxylic acids is 1. The summed E-state index contributed by atoms with van der Waals surface area (Å²) in [5, 5.41) is 0. The van der Waals surface area contributed by atoms with E-state index in [1.165, 1.54) is 7.11 Å². The number of aliphatic imine (C=N–C) groups is 1. The molecule has 4 heteroatoms. The van der Waals surface area contributed by atoms with Crippen LogP contribution in [0.5, 0.6) is 0 Å². The Hall–Kier alpha value is -2.49. The Kier molecular flexibility index (Phi) is 3.81. The maximum atomic E-state index is 11.2. The molecular formula is C14H12N2O2. The zero-order valence-corrected chi connectivity index (χ0v) is 9.91. The molecule has 0 aliphatic heterocycles. The first-order valence-corrected chi connectivity index (χ1v) is 5.43. The third-order valence-corrected chi connectivity index (χ3v) is 2.32. The molecule has 0 saturated carbocycles. The summed E-state index contributed by atoms with van der Waals surface area (Å²) in [4.78, 5) is 19.6. The van der Waals surface area contributed by atoms with Crippen molar-refractivity contribution in [3.63, 3.8) is 0 Å². The van der Waals surface area contributed by atoms with Gasteiger partial charge in [-0.2, -0.15) is 0 Å². The van der Waals surface area contributed by atoms with Crippen LogP contribution in [0.1, 0.15) is 16.1 Å². The lowest BCUT2D eigenvalue weighted by Crippen LogP contribution is -1.99. The molecule has 1 aromatic carbocycles. The average Bonchev–Trinajstić information content (AvgIpc) is 2.46. The highest BCUT2D eigenvalue weighted by atomic mass is 16.5. The van der Waals surface area contributed by atoms with Gasteiger partial charge >= 0.3 is 5.97 Å². The van der Waals surface area contributed by atoms with Gasteiger partial charge in [0.25, 0.3) is 0 Å². The minimum Gasteiger partial charge on any atom is -0.465 e. The summed E-state index contributed by atoms with van der Waals surface area (Å²) in [6, 6.07) is 12.5. The first-order chi connectivity index (χ1) is 8.79. The fourth-order valence-corrected chi connectivity index (χ4v) is 1.39. The van der Waals surface area contributed by atoms with Gasteiger partial charge in [-0.15, -0.1) is 0 Å². The summed E-state index contributed by atoms with van der Waals surface area (Å²) in [5.74, 6) is -0.352. The molecule has 1 heterocycles. The molecule has 0 radical (unpaired) electrons. The number of methoxy groups -OCH3 is 1. The van der Waals surface area contributed by atoms with E-state index in [4.69, 9.17) is 0 Å². The Labute approximate surface area is 105 Å². The topological polar surface area (TPSA) is 51.5 Å². The quantitative estimate of drug-likeness (QED) is 0.612. The van der Waals surface area contributed by atoms with Crippen LogP contribution < -0.4 is 0 Å². The standard InChI is InChI=1S/C14H12N2O2/c1-18-14(17)11-5-7-12(8-6-11)16-10-13-4-2-3-9-15-13/h2-10H,1H3. The molecule has 0 spiro atoms. The normalized spacial score (nSPS) is 10.5. The van der Waals surface area contributed by atoms with Gasteiger partial charge in [-0.3, -0.25) is 9.98 Å². The monoisotopic (exact) mass is 240 g/mol. The molecule has 0 aliphatic rings. The number of hydrogen-bond donors (Lipinski definition) is 0. The van der Waals surface area contributed by atoms with E-state index in [-0.39, 0.29) is 5.97 Å². The molecule has 0 bridgehead atoms. The van der Waals surface area contributed by atoms with Gasteiger partial charge < -0.3 is 4.74 Å². The van der Waals surface area contributed by atoms with E-state index in [9.17, 15) is 4.79 Å². The molecule has 0 amide bonds. The number of ether oxygens (including phenoxy) is 1. The maximum Gasteiger partial charge on any atom is 0.337 e. The number of pyridine rings is 1. The van der Waals surface area contributed by atoms with Crippen LogP contribution >= 0.6 is 0 Å². The van der Waals surface area contributed by atoms with Crippen LogP contribution in [0.2, 0.25) is 0 Å². The van der Waals surface area contributed by atoms with Gasteiger partial charge in [-0.1, -0.05) is 6.07 Å². The summed E-state index contributed by atoms with van der Waals surface area (Å²) in [5.41, 5.74) is 2.05. The molecule has 1 aromatic heterocycles. The Morgan fingerprint density at radius 1 is 1.22 bits per heavy atom. The third-order valence-electron chi connectivity index (χ3n) is 2.32. The van der Waals surface area contributed by atoms with Crippen molar-refractivity contribution in [2.45, 2.75) is 0 Å². The Morgan fingerprint density at radius 2 is 2.00 bits per heavy atom. The van der Waals surface area contributed by atoms with Crippen molar-refractivity contribution >= 4 is 17.9 Å². The van der Waals surface area contributed by atoms with Crippen LogP contribution in [-0.2, 0) is 4.74 Å². The van der Waals surface area contributed by atoms with E-state index >= 15 is 0 Å². The molecule has 18 heavy (non-hydrogen) atoms. The van der Waals surface area contributed by atoms with Crippen LogP contribution in [0, 0.1) is 0 Å². The van der Waals surface area contributed by atoms with Gasteiger partial charge in [0, 0.05) is 6.20 Å². The van der Waals surface area contributed by atoms with Crippen LogP contribution in [0.4, 0.5) is 5.69 Å². The summed E-state index contributed by atoms with van der Waals surface area (Å²) in [6.45, 7) is 0. The zero-order chi connectivity index (χ0) is 12.8. The number of nitrogens with zero attached hydrogens (tertiary/aromatic N) is 2. The number of hydrogen-bond acceptors (Lipinski definition) is 4. The second-order valence-electron chi connectivity index (χ2n) is 3.55. The first-order valence-electron chi connectivity index (χ1n) is 5.43. The van der Waals surface area contributed by atoms with E-state index < -0.39 is 0 Å². The van der Waals surface area contributed by atoms with Crippen molar-refractivity contribution < 1.29 is 9.53 Å². The predicted molar refractivity (Wildman–Crippen MR) is 69.3 cm³/mol. The molecular weight excluding hydrogens is 228 g/mol.